The van der Waals surface area contributed by atoms with E-state index in [2.05, 4.69) is 6.92 Å². The van der Waals surface area contributed by atoms with Crippen LogP contribution < -0.4 is 0 Å². The first-order chi connectivity index (χ1) is 8.85. The molecule has 5 heteroatoms. The second kappa shape index (κ2) is 15.1. The summed E-state index contributed by atoms with van der Waals surface area (Å²) < 4.78 is 22.2. The molecular weight excluding hydrogens is 248 g/mol. The van der Waals surface area contributed by atoms with E-state index < -0.39 is 9.28 Å². The van der Waals surface area contributed by atoms with Crippen LogP contribution >= 0.6 is 0 Å². The second-order valence-electron chi connectivity index (χ2n) is 4.06. The van der Waals surface area contributed by atoms with Crippen LogP contribution in [-0.2, 0) is 18.3 Å². The van der Waals surface area contributed by atoms with Crippen LogP contribution in [0.2, 0.25) is 6.04 Å². The molecule has 0 aliphatic heterocycles. The molecule has 0 fully saturated rings. The molecule has 0 amide bonds. The van der Waals surface area contributed by atoms with Crippen LogP contribution in [0.4, 0.5) is 0 Å². The van der Waals surface area contributed by atoms with E-state index in [1.807, 2.05) is 13.8 Å². The van der Waals surface area contributed by atoms with E-state index in [1.165, 1.54) is 19.3 Å². The fraction of sp³-hybridized carbons (Fsp3) is 1.00. The van der Waals surface area contributed by atoms with Gasteiger partial charge in [0, 0.05) is 13.2 Å². The summed E-state index contributed by atoms with van der Waals surface area (Å²) in [4.78, 5) is 0. The van der Waals surface area contributed by atoms with Gasteiger partial charge in [-0.3, -0.25) is 0 Å². The minimum atomic E-state index is -1.51. The molecule has 4 nitrogen and oxygen atoms in total. The SMILES string of the molecule is CCCCC[SiH](OCCOCC)OCCOCC. The largest absolute Gasteiger partial charge is 0.394 e. The van der Waals surface area contributed by atoms with E-state index in [9.17, 15) is 0 Å². The van der Waals surface area contributed by atoms with Crippen molar-refractivity contribution < 1.29 is 18.3 Å². The molecule has 0 radical (unpaired) electrons. The molecule has 110 valence electrons. The van der Waals surface area contributed by atoms with Crippen molar-refractivity contribution in [2.24, 2.45) is 0 Å². The number of unbranched alkanes of at least 4 members (excludes halogenated alkanes) is 2. The standard InChI is InChI=1S/C13H30O4Si/c1-4-7-8-13-18(16-11-9-14-5-2)17-12-10-15-6-3/h18H,4-13H2,1-3H3. The van der Waals surface area contributed by atoms with Gasteiger partial charge in [0.2, 0.25) is 0 Å². The lowest BCUT2D eigenvalue weighted by molar-refractivity contribution is 0.0748. The topological polar surface area (TPSA) is 36.9 Å². The number of hydrogen-bond donors (Lipinski definition) is 0. The first kappa shape index (κ1) is 18.1. The third-order valence-electron chi connectivity index (χ3n) is 2.51. The molecule has 0 unspecified atom stereocenters. The molecule has 0 spiro atoms. The Kier molecular flexibility index (Phi) is 15.2. The summed E-state index contributed by atoms with van der Waals surface area (Å²) in [6.07, 6.45) is 3.70. The number of ether oxygens (including phenoxy) is 2. The fourth-order valence-corrected chi connectivity index (χ4v) is 3.31. The van der Waals surface area contributed by atoms with Crippen LogP contribution in [0.1, 0.15) is 40.0 Å². The quantitative estimate of drug-likeness (QED) is 0.361. The zero-order chi connectivity index (χ0) is 13.5. The minimum Gasteiger partial charge on any atom is -0.394 e. The van der Waals surface area contributed by atoms with Crippen molar-refractivity contribution in [2.75, 3.05) is 39.6 Å². The first-order valence-electron chi connectivity index (χ1n) is 7.23. The van der Waals surface area contributed by atoms with Crippen molar-refractivity contribution in [3.05, 3.63) is 0 Å². The Labute approximate surface area is 114 Å². The molecule has 0 aliphatic rings. The average Bonchev–Trinajstić information content (AvgIpc) is 2.39. The van der Waals surface area contributed by atoms with Gasteiger partial charge in [0.15, 0.2) is 0 Å². The summed E-state index contributed by atoms with van der Waals surface area (Å²) in [7, 11) is -1.51. The van der Waals surface area contributed by atoms with Crippen LogP contribution in [0, 0.1) is 0 Å². The van der Waals surface area contributed by atoms with Crippen molar-refractivity contribution in [2.45, 2.75) is 46.1 Å². The lowest BCUT2D eigenvalue weighted by atomic mass is 10.3. The highest BCUT2D eigenvalue weighted by atomic mass is 28.3. The van der Waals surface area contributed by atoms with Crippen LogP contribution in [0.15, 0.2) is 0 Å². The van der Waals surface area contributed by atoms with Gasteiger partial charge < -0.3 is 18.3 Å². The maximum atomic E-state index is 5.81. The van der Waals surface area contributed by atoms with Gasteiger partial charge in [-0.2, -0.15) is 0 Å². The monoisotopic (exact) mass is 278 g/mol. The molecule has 18 heavy (non-hydrogen) atoms. The predicted octanol–water partition coefficient (Wildman–Crippen LogP) is 2.50. The fourth-order valence-electron chi connectivity index (χ4n) is 1.54. The Morgan fingerprint density at radius 3 is 1.72 bits per heavy atom. The van der Waals surface area contributed by atoms with Gasteiger partial charge in [0.25, 0.3) is 0 Å². The molecule has 0 saturated carbocycles. The van der Waals surface area contributed by atoms with E-state index in [4.69, 9.17) is 18.3 Å². The van der Waals surface area contributed by atoms with Gasteiger partial charge in [-0.25, -0.2) is 0 Å². The van der Waals surface area contributed by atoms with E-state index in [1.54, 1.807) is 0 Å². The predicted molar refractivity (Wildman–Crippen MR) is 76.4 cm³/mol. The van der Waals surface area contributed by atoms with Crippen molar-refractivity contribution in [3.8, 4) is 0 Å². The molecule has 0 aromatic rings. The molecule has 0 rings (SSSR count). The van der Waals surface area contributed by atoms with Gasteiger partial charge in [0.05, 0.1) is 26.4 Å². The molecule has 0 saturated heterocycles. The smallest absolute Gasteiger partial charge is 0.321 e. The van der Waals surface area contributed by atoms with Gasteiger partial charge in [-0.15, -0.1) is 0 Å². The molecule has 0 aromatic heterocycles. The maximum absolute atomic E-state index is 5.81. The Bertz CT molecular complexity index is 146. The zero-order valence-corrected chi connectivity index (χ0v) is 13.4. The Hall–Kier alpha value is 0.0569. The van der Waals surface area contributed by atoms with Crippen LogP contribution in [-0.4, -0.2) is 48.9 Å². The minimum absolute atomic E-state index is 0.658. The Morgan fingerprint density at radius 2 is 1.28 bits per heavy atom. The summed E-state index contributed by atoms with van der Waals surface area (Å²) >= 11 is 0. The van der Waals surface area contributed by atoms with Gasteiger partial charge in [-0.05, 0) is 19.9 Å². The average molecular weight is 278 g/mol. The molecule has 0 atom stereocenters. The number of rotatable bonds is 14. The normalized spacial score (nSPS) is 11.3. The van der Waals surface area contributed by atoms with Crippen LogP contribution in [0.5, 0.6) is 0 Å². The molecule has 0 heterocycles. The highest BCUT2D eigenvalue weighted by Gasteiger charge is 2.12. The zero-order valence-electron chi connectivity index (χ0n) is 12.3. The van der Waals surface area contributed by atoms with E-state index in [-0.39, 0.29) is 0 Å². The molecular formula is C13H30O4Si. The summed E-state index contributed by atoms with van der Waals surface area (Å²) in [5.74, 6) is 0. The molecule has 0 bridgehead atoms. The van der Waals surface area contributed by atoms with Crippen molar-refractivity contribution in [1.29, 1.82) is 0 Å². The lowest BCUT2D eigenvalue weighted by Crippen LogP contribution is -2.26. The highest BCUT2D eigenvalue weighted by Crippen LogP contribution is 2.06. The summed E-state index contributed by atoms with van der Waals surface area (Å²) in [5, 5.41) is 0. The van der Waals surface area contributed by atoms with E-state index >= 15 is 0 Å². The number of hydrogen-bond acceptors (Lipinski definition) is 4. The Morgan fingerprint density at radius 1 is 0.722 bits per heavy atom. The van der Waals surface area contributed by atoms with E-state index in [0.717, 1.165) is 19.3 Å². The van der Waals surface area contributed by atoms with Crippen molar-refractivity contribution in [1.82, 2.24) is 0 Å². The summed E-state index contributed by atoms with van der Waals surface area (Å²) in [5.41, 5.74) is 0. The van der Waals surface area contributed by atoms with Crippen LogP contribution in [0.3, 0.4) is 0 Å². The molecule has 0 aromatic carbocycles. The highest BCUT2D eigenvalue weighted by molar-refractivity contribution is 6.44. The lowest BCUT2D eigenvalue weighted by Gasteiger charge is -2.16. The molecule has 0 N–H and O–H groups in total. The van der Waals surface area contributed by atoms with Crippen molar-refractivity contribution in [3.63, 3.8) is 0 Å². The summed E-state index contributed by atoms with van der Waals surface area (Å²) in [6, 6.07) is 1.09. The molecule has 0 aliphatic carbocycles. The summed E-state index contributed by atoms with van der Waals surface area (Å²) in [6.45, 7) is 10.3. The van der Waals surface area contributed by atoms with Gasteiger partial charge >= 0.3 is 9.28 Å². The van der Waals surface area contributed by atoms with Crippen molar-refractivity contribution >= 4 is 9.28 Å². The third-order valence-corrected chi connectivity index (χ3v) is 4.61. The van der Waals surface area contributed by atoms with E-state index in [0.29, 0.717) is 26.4 Å². The second-order valence-corrected chi connectivity index (χ2v) is 6.16. The maximum Gasteiger partial charge on any atom is 0.321 e. The van der Waals surface area contributed by atoms with Crippen LogP contribution in [0.25, 0.3) is 0 Å². The van der Waals surface area contributed by atoms with Gasteiger partial charge in [-0.1, -0.05) is 26.2 Å². The third kappa shape index (κ3) is 12.5. The van der Waals surface area contributed by atoms with Gasteiger partial charge in [0.1, 0.15) is 0 Å². The first-order valence-corrected chi connectivity index (χ1v) is 8.99. The Balaban J connectivity index is 3.62.